The highest BCUT2D eigenvalue weighted by Gasteiger charge is 2.43. The first-order chi connectivity index (χ1) is 18.9. The van der Waals surface area contributed by atoms with Crippen LogP contribution in [0.15, 0.2) is 53.7 Å². The van der Waals surface area contributed by atoms with E-state index in [1.807, 2.05) is 12.1 Å². The summed E-state index contributed by atoms with van der Waals surface area (Å²) in [5.41, 5.74) is 0.911. The summed E-state index contributed by atoms with van der Waals surface area (Å²) >= 11 is 1.40. The SMILES string of the molecule is NN1C(=O)C(=O)N2CCCC2OC(=O)C(N(C(=O)CSc2ccncc2)C2CCCCC2)Cc2ccccc21. The molecule has 11 heteroatoms. The Balaban J connectivity index is 1.53. The summed E-state index contributed by atoms with van der Waals surface area (Å²) < 4.78 is 5.92. The second-order valence-corrected chi connectivity index (χ2v) is 11.2. The molecule has 3 amide bonds. The van der Waals surface area contributed by atoms with Crippen molar-refractivity contribution in [3.8, 4) is 0 Å². The van der Waals surface area contributed by atoms with Crippen LogP contribution in [0.4, 0.5) is 5.69 Å². The van der Waals surface area contributed by atoms with E-state index in [0.717, 1.165) is 42.0 Å². The molecule has 1 aromatic carbocycles. The monoisotopic (exact) mass is 551 g/mol. The normalized spacial score (nSPS) is 22.5. The highest BCUT2D eigenvalue weighted by atomic mass is 32.2. The molecule has 1 aromatic heterocycles. The van der Waals surface area contributed by atoms with Gasteiger partial charge in [0, 0.05) is 42.7 Å². The molecule has 2 atom stereocenters. The molecule has 0 spiro atoms. The molecule has 0 bridgehead atoms. The lowest BCUT2D eigenvalue weighted by molar-refractivity contribution is -0.171. The van der Waals surface area contributed by atoms with Crippen molar-refractivity contribution >= 4 is 41.1 Å². The number of rotatable bonds is 5. The van der Waals surface area contributed by atoms with E-state index in [0.29, 0.717) is 24.1 Å². The summed E-state index contributed by atoms with van der Waals surface area (Å²) in [6.07, 6.45) is 8.24. The Hall–Kier alpha value is -3.44. The first-order valence-corrected chi connectivity index (χ1v) is 14.4. The zero-order valence-electron chi connectivity index (χ0n) is 21.7. The Bertz CT molecular complexity index is 1220. The summed E-state index contributed by atoms with van der Waals surface area (Å²) in [6, 6.07) is 9.56. The smallest absolute Gasteiger partial charge is 0.331 e. The number of thioether (sulfide) groups is 1. The van der Waals surface area contributed by atoms with E-state index in [1.54, 1.807) is 41.6 Å². The summed E-state index contributed by atoms with van der Waals surface area (Å²) in [5.74, 6) is 3.93. The second-order valence-electron chi connectivity index (χ2n) is 10.1. The van der Waals surface area contributed by atoms with Crippen LogP contribution in [0.3, 0.4) is 0 Å². The molecule has 2 fully saturated rings. The summed E-state index contributed by atoms with van der Waals surface area (Å²) in [5, 5.41) is 0.853. The van der Waals surface area contributed by atoms with Gasteiger partial charge in [0.1, 0.15) is 6.04 Å². The van der Waals surface area contributed by atoms with E-state index < -0.39 is 30.1 Å². The number of anilines is 1. The average Bonchev–Trinajstić information content (AvgIpc) is 3.43. The van der Waals surface area contributed by atoms with Crippen molar-refractivity contribution in [2.24, 2.45) is 5.84 Å². The number of hydrogen-bond acceptors (Lipinski definition) is 8. The zero-order chi connectivity index (χ0) is 27.4. The van der Waals surface area contributed by atoms with Crippen molar-refractivity contribution in [2.45, 2.75) is 74.6 Å². The van der Waals surface area contributed by atoms with E-state index >= 15 is 0 Å². The number of ether oxygens (including phenoxy) is 1. The molecule has 1 aliphatic carbocycles. The van der Waals surface area contributed by atoms with Crippen molar-refractivity contribution in [3.63, 3.8) is 0 Å². The van der Waals surface area contributed by atoms with Crippen molar-refractivity contribution in [1.29, 1.82) is 0 Å². The van der Waals surface area contributed by atoms with E-state index in [1.165, 1.54) is 16.7 Å². The lowest BCUT2D eigenvalue weighted by Crippen LogP contribution is -2.54. The standard InChI is InChI=1S/C28H33N5O5S/c29-33-22-10-5-4-7-19(22)17-23(28(37)38-25-11-6-16-31(25)26(35)27(33)36)32(20-8-2-1-3-9-20)24(34)18-39-21-12-14-30-15-13-21/h4-5,7,10,12-15,20,23,25H,1-3,6,8-9,11,16-18,29H2. The molecule has 5 rings (SSSR count). The molecule has 2 aromatic rings. The summed E-state index contributed by atoms with van der Waals surface area (Å²) in [7, 11) is 0. The second kappa shape index (κ2) is 12.2. The van der Waals surface area contributed by atoms with Crippen molar-refractivity contribution in [2.75, 3.05) is 17.3 Å². The van der Waals surface area contributed by atoms with Crippen molar-refractivity contribution in [3.05, 3.63) is 54.4 Å². The average molecular weight is 552 g/mol. The van der Waals surface area contributed by atoms with Crippen molar-refractivity contribution in [1.82, 2.24) is 14.8 Å². The number of fused-ring (bicyclic) bond motifs is 2. The summed E-state index contributed by atoms with van der Waals surface area (Å²) in [4.78, 5) is 61.9. The fourth-order valence-corrected chi connectivity index (χ4v) is 6.46. The topological polar surface area (TPSA) is 126 Å². The van der Waals surface area contributed by atoms with Gasteiger partial charge in [-0.25, -0.2) is 15.6 Å². The Morgan fingerprint density at radius 2 is 1.74 bits per heavy atom. The number of nitrogens with zero attached hydrogens (tertiary/aromatic N) is 4. The quantitative estimate of drug-likeness (QED) is 0.198. The van der Waals surface area contributed by atoms with Crippen LogP contribution in [-0.2, 0) is 30.3 Å². The third-order valence-electron chi connectivity index (χ3n) is 7.65. The third-order valence-corrected chi connectivity index (χ3v) is 8.65. The third kappa shape index (κ3) is 5.94. The van der Waals surface area contributed by atoms with E-state index in [9.17, 15) is 19.2 Å². The van der Waals surface area contributed by atoms with Crippen LogP contribution in [0.25, 0.3) is 0 Å². The lowest BCUT2D eigenvalue weighted by atomic mass is 9.91. The first-order valence-electron chi connectivity index (χ1n) is 13.5. The molecule has 2 aliphatic heterocycles. The lowest BCUT2D eigenvalue weighted by Gasteiger charge is -2.39. The van der Waals surface area contributed by atoms with Crippen LogP contribution >= 0.6 is 11.8 Å². The Morgan fingerprint density at radius 3 is 2.51 bits per heavy atom. The maximum absolute atomic E-state index is 13.9. The summed E-state index contributed by atoms with van der Waals surface area (Å²) in [6.45, 7) is 0.288. The van der Waals surface area contributed by atoms with Crippen LogP contribution in [0.2, 0.25) is 0 Å². The van der Waals surface area contributed by atoms with Crippen LogP contribution < -0.4 is 10.9 Å². The van der Waals surface area contributed by atoms with E-state index in [-0.39, 0.29) is 30.7 Å². The maximum atomic E-state index is 13.9. The van der Waals surface area contributed by atoms with Gasteiger partial charge < -0.3 is 9.64 Å². The number of amides is 3. The van der Waals surface area contributed by atoms with E-state index in [2.05, 4.69) is 4.98 Å². The van der Waals surface area contributed by atoms with Crippen LogP contribution in [-0.4, -0.2) is 69.1 Å². The predicted molar refractivity (Wildman–Crippen MR) is 145 cm³/mol. The van der Waals surface area contributed by atoms with Crippen LogP contribution in [0.1, 0.15) is 50.5 Å². The fourth-order valence-electron chi connectivity index (χ4n) is 5.71. The molecule has 10 nitrogen and oxygen atoms in total. The number of esters is 1. The van der Waals surface area contributed by atoms with Crippen molar-refractivity contribution < 1.29 is 23.9 Å². The fraction of sp³-hybridized carbons (Fsp3) is 0.464. The number of carbonyl (C=O) groups is 4. The molecule has 1 saturated carbocycles. The molecule has 3 heterocycles. The van der Waals surface area contributed by atoms with Gasteiger partial charge in [-0.1, -0.05) is 37.5 Å². The molecule has 3 aliphatic rings. The van der Waals surface area contributed by atoms with Crippen LogP contribution in [0.5, 0.6) is 0 Å². The number of para-hydroxylation sites is 1. The Kier molecular flexibility index (Phi) is 8.47. The molecule has 2 unspecified atom stereocenters. The zero-order valence-corrected chi connectivity index (χ0v) is 22.6. The molecule has 2 N–H and O–H groups in total. The maximum Gasteiger partial charge on any atom is 0.331 e. The van der Waals surface area contributed by atoms with E-state index in [4.69, 9.17) is 10.6 Å². The Morgan fingerprint density at radius 1 is 1.00 bits per heavy atom. The van der Waals surface area contributed by atoms with Gasteiger partial charge in [0.2, 0.25) is 5.91 Å². The number of carbonyl (C=O) groups excluding carboxylic acids is 4. The minimum Gasteiger partial charge on any atom is -0.440 e. The van der Waals surface area contributed by atoms with Gasteiger partial charge >= 0.3 is 17.8 Å². The van der Waals surface area contributed by atoms with Gasteiger partial charge in [-0.3, -0.25) is 24.3 Å². The largest absolute Gasteiger partial charge is 0.440 e. The molecular weight excluding hydrogens is 518 g/mol. The van der Waals surface area contributed by atoms with Gasteiger partial charge in [0.05, 0.1) is 11.4 Å². The number of hydrogen-bond donors (Lipinski definition) is 1. The number of nitrogens with two attached hydrogens (primary N) is 1. The van der Waals surface area contributed by atoms with Crippen LogP contribution in [0, 0.1) is 0 Å². The van der Waals surface area contributed by atoms with Gasteiger partial charge in [0.25, 0.3) is 0 Å². The van der Waals surface area contributed by atoms with Gasteiger partial charge in [-0.05, 0) is 43.0 Å². The highest BCUT2D eigenvalue weighted by Crippen LogP contribution is 2.31. The van der Waals surface area contributed by atoms with Gasteiger partial charge in [0.15, 0.2) is 6.23 Å². The van der Waals surface area contributed by atoms with Gasteiger partial charge in [-0.15, -0.1) is 11.8 Å². The molecule has 39 heavy (non-hydrogen) atoms. The predicted octanol–water partition coefficient (Wildman–Crippen LogP) is 2.66. The Labute approximate surface area is 231 Å². The number of hydrazine groups is 1. The highest BCUT2D eigenvalue weighted by molar-refractivity contribution is 8.00. The number of aromatic nitrogens is 1. The van der Waals surface area contributed by atoms with Gasteiger partial charge in [-0.2, -0.15) is 0 Å². The minimum atomic E-state index is -0.932. The minimum absolute atomic E-state index is 0.110. The first kappa shape index (κ1) is 27.1. The number of benzene rings is 1. The molecular formula is C28H33N5O5S. The molecule has 206 valence electrons. The molecule has 1 saturated heterocycles. The molecule has 0 radical (unpaired) electrons. The number of pyridine rings is 1.